The lowest BCUT2D eigenvalue weighted by molar-refractivity contribution is 0.0959. The molecule has 5 heteroatoms. The van der Waals surface area contributed by atoms with Crippen LogP contribution in [0.4, 0.5) is 4.39 Å². The van der Waals surface area contributed by atoms with Gasteiger partial charge in [0.25, 0.3) is 5.91 Å². The Kier molecular flexibility index (Phi) is 3.57. The predicted octanol–water partition coefficient (Wildman–Crippen LogP) is 2.01. The summed E-state index contributed by atoms with van der Waals surface area (Å²) in [7, 11) is 0. The van der Waals surface area contributed by atoms with Crippen molar-refractivity contribution in [2.24, 2.45) is 5.10 Å². The number of hydrogen-bond acceptors (Lipinski definition) is 3. The van der Waals surface area contributed by atoms with Crippen molar-refractivity contribution in [3.05, 3.63) is 22.1 Å². The van der Waals surface area contributed by atoms with E-state index in [-0.39, 0.29) is 11.0 Å². The summed E-state index contributed by atoms with van der Waals surface area (Å²) in [6, 6.07) is 2.68. The van der Waals surface area contributed by atoms with Crippen molar-refractivity contribution in [1.29, 1.82) is 0 Å². The van der Waals surface area contributed by atoms with E-state index < -0.39 is 0 Å². The van der Waals surface area contributed by atoms with Crippen molar-refractivity contribution in [1.82, 2.24) is 5.43 Å². The molecule has 0 bridgehead atoms. The van der Waals surface area contributed by atoms with E-state index in [2.05, 4.69) is 10.5 Å². The van der Waals surface area contributed by atoms with E-state index >= 15 is 0 Å². The van der Waals surface area contributed by atoms with Crippen LogP contribution in [0.25, 0.3) is 0 Å². The first-order chi connectivity index (χ1) is 6.24. The molecule has 0 saturated carbocycles. The fourth-order valence-corrected chi connectivity index (χ4v) is 1.31. The highest BCUT2D eigenvalue weighted by Gasteiger charge is 2.07. The zero-order chi connectivity index (χ0) is 9.68. The van der Waals surface area contributed by atoms with Gasteiger partial charge in [0.15, 0.2) is 5.13 Å². The Morgan fingerprint density at radius 2 is 2.54 bits per heavy atom. The fraction of sp³-hybridized carbons (Fsp3) is 0.250. The van der Waals surface area contributed by atoms with Gasteiger partial charge in [0.05, 0.1) is 4.88 Å². The number of thiophene rings is 1. The van der Waals surface area contributed by atoms with Crippen molar-refractivity contribution >= 4 is 23.5 Å². The van der Waals surface area contributed by atoms with Gasteiger partial charge < -0.3 is 0 Å². The molecule has 0 spiro atoms. The Labute approximate surface area is 79.3 Å². The summed E-state index contributed by atoms with van der Waals surface area (Å²) in [4.78, 5) is 11.5. The highest BCUT2D eigenvalue weighted by Crippen LogP contribution is 2.13. The van der Waals surface area contributed by atoms with Gasteiger partial charge in [-0.15, -0.1) is 11.3 Å². The molecule has 0 aliphatic rings. The lowest BCUT2D eigenvalue weighted by atomic mass is 10.4. The van der Waals surface area contributed by atoms with Gasteiger partial charge in [0.1, 0.15) is 0 Å². The topological polar surface area (TPSA) is 41.5 Å². The minimum atomic E-state index is -0.376. The summed E-state index contributed by atoms with van der Waals surface area (Å²) in [6.45, 7) is 1.90. The third-order valence-electron chi connectivity index (χ3n) is 1.24. The molecule has 0 radical (unpaired) electrons. The summed E-state index contributed by atoms with van der Waals surface area (Å²) in [5.41, 5.74) is 2.29. The van der Waals surface area contributed by atoms with Crippen LogP contribution in [0.5, 0.6) is 0 Å². The molecule has 0 unspecified atom stereocenters. The molecule has 1 aromatic heterocycles. The molecule has 1 aromatic rings. The molecule has 0 saturated heterocycles. The largest absolute Gasteiger partial charge is 0.281 e. The molecular formula is C8H9FN2OS. The Bertz CT molecular complexity index is 322. The van der Waals surface area contributed by atoms with Crippen LogP contribution in [0, 0.1) is 5.13 Å². The van der Waals surface area contributed by atoms with E-state index in [1.54, 1.807) is 6.21 Å². The van der Waals surface area contributed by atoms with Crippen molar-refractivity contribution < 1.29 is 9.18 Å². The molecule has 1 amide bonds. The molecule has 0 aliphatic carbocycles. The number of carbonyl (C=O) groups excluding carboxylic acids is 1. The van der Waals surface area contributed by atoms with E-state index in [0.29, 0.717) is 4.88 Å². The van der Waals surface area contributed by atoms with Gasteiger partial charge in [-0.05, 0) is 18.6 Å². The van der Waals surface area contributed by atoms with Crippen LogP contribution < -0.4 is 5.43 Å². The lowest BCUT2D eigenvalue weighted by Crippen LogP contribution is -2.15. The number of nitrogens with one attached hydrogen (secondary N) is 1. The maximum Gasteiger partial charge on any atom is 0.281 e. The Hall–Kier alpha value is -1.23. The highest BCUT2D eigenvalue weighted by molar-refractivity contribution is 7.12. The average Bonchev–Trinajstić information content (AvgIpc) is 2.52. The Morgan fingerprint density at radius 1 is 1.77 bits per heavy atom. The van der Waals surface area contributed by atoms with Gasteiger partial charge in [-0.25, -0.2) is 5.43 Å². The number of nitrogens with zero attached hydrogens (tertiary/aromatic N) is 1. The second-order valence-electron chi connectivity index (χ2n) is 2.26. The van der Waals surface area contributed by atoms with Crippen LogP contribution in [0.2, 0.25) is 0 Å². The van der Waals surface area contributed by atoms with Crippen LogP contribution >= 0.6 is 11.3 Å². The standard InChI is InChI=1S/C8H9FN2OS/c1-2-5-10-11-8(12)6-3-4-7(9)13-6/h3-5H,2H2,1H3,(H,11,12). The van der Waals surface area contributed by atoms with E-state index in [9.17, 15) is 9.18 Å². The van der Waals surface area contributed by atoms with Crippen LogP contribution in [-0.4, -0.2) is 12.1 Å². The molecule has 3 nitrogen and oxygen atoms in total. The van der Waals surface area contributed by atoms with Gasteiger partial charge >= 0.3 is 0 Å². The minimum Gasteiger partial charge on any atom is -0.266 e. The number of halogens is 1. The summed E-state index contributed by atoms with van der Waals surface area (Å²) in [5.74, 6) is -0.376. The van der Waals surface area contributed by atoms with Crippen LogP contribution in [-0.2, 0) is 0 Å². The Morgan fingerprint density at radius 3 is 3.08 bits per heavy atom. The first-order valence-electron chi connectivity index (χ1n) is 3.81. The molecule has 1 N–H and O–H groups in total. The summed E-state index contributed by atoms with van der Waals surface area (Å²) in [5, 5.41) is 3.26. The van der Waals surface area contributed by atoms with Gasteiger partial charge in [-0.2, -0.15) is 9.49 Å². The lowest BCUT2D eigenvalue weighted by Gasteiger charge is -1.93. The third kappa shape index (κ3) is 2.95. The van der Waals surface area contributed by atoms with Crippen LogP contribution in [0.3, 0.4) is 0 Å². The molecule has 13 heavy (non-hydrogen) atoms. The third-order valence-corrected chi connectivity index (χ3v) is 2.11. The van der Waals surface area contributed by atoms with Crippen molar-refractivity contribution in [3.63, 3.8) is 0 Å². The van der Waals surface area contributed by atoms with Gasteiger partial charge in [-0.3, -0.25) is 4.79 Å². The smallest absolute Gasteiger partial charge is 0.266 e. The fourth-order valence-electron chi connectivity index (χ4n) is 0.687. The maximum absolute atomic E-state index is 12.5. The van der Waals surface area contributed by atoms with E-state index in [1.807, 2.05) is 6.92 Å². The van der Waals surface area contributed by atoms with Crippen molar-refractivity contribution in [2.45, 2.75) is 13.3 Å². The first kappa shape index (κ1) is 9.85. The molecule has 1 heterocycles. The summed E-state index contributed by atoms with van der Waals surface area (Å²) in [6.07, 6.45) is 2.32. The number of hydrogen-bond donors (Lipinski definition) is 1. The van der Waals surface area contributed by atoms with E-state index in [4.69, 9.17) is 0 Å². The molecule has 0 atom stereocenters. The molecule has 0 aromatic carbocycles. The maximum atomic E-state index is 12.5. The zero-order valence-corrected chi connectivity index (χ0v) is 7.90. The van der Waals surface area contributed by atoms with Gasteiger partial charge in [-0.1, -0.05) is 6.92 Å². The van der Waals surface area contributed by atoms with Crippen molar-refractivity contribution in [3.8, 4) is 0 Å². The monoisotopic (exact) mass is 200 g/mol. The second-order valence-corrected chi connectivity index (χ2v) is 3.30. The highest BCUT2D eigenvalue weighted by atomic mass is 32.1. The number of amides is 1. The summed E-state index contributed by atoms with van der Waals surface area (Å²) < 4.78 is 12.5. The van der Waals surface area contributed by atoms with Gasteiger partial charge in [0.2, 0.25) is 0 Å². The molecule has 0 fully saturated rings. The van der Waals surface area contributed by atoms with E-state index in [1.165, 1.54) is 12.1 Å². The second kappa shape index (κ2) is 4.71. The number of hydrazone groups is 1. The van der Waals surface area contributed by atoms with Gasteiger partial charge in [0, 0.05) is 6.21 Å². The first-order valence-corrected chi connectivity index (χ1v) is 4.63. The van der Waals surface area contributed by atoms with Crippen LogP contribution in [0.15, 0.2) is 17.2 Å². The molecule has 1 rings (SSSR count). The molecule has 0 aliphatic heterocycles. The zero-order valence-electron chi connectivity index (χ0n) is 7.08. The molecule has 70 valence electrons. The Balaban J connectivity index is 2.54. The average molecular weight is 200 g/mol. The van der Waals surface area contributed by atoms with E-state index in [0.717, 1.165) is 17.8 Å². The SMILES string of the molecule is CCC=NNC(=O)c1ccc(F)s1. The number of rotatable bonds is 3. The number of carbonyl (C=O) groups is 1. The quantitative estimate of drug-likeness (QED) is 0.588. The van der Waals surface area contributed by atoms with Crippen molar-refractivity contribution in [2.75, 3.05) is 0 Å². The minimum absolute atomic E-state index is 0.325. The van der Waals surface area contributed by atoms with Crippen LogP contribution in [0.1, 0.15) is 23.0 Å². The normalized spacial score (nSPS) is 10.6. The molecular weight excluding hydrogens is 191 g/mol. The summed E-state index contributed by atoms with van der Waals surface area (Å²) >= 11 is 0.801. The predicted molar refractivity (Wildman–Crippen MR) is 50.5 cm³/mol.